The molecule has 7 heteroatoms. The van der Waals surface area contributed by atoms with Crippen molar-refractivity contribution in [2.75, 3.05) is 19.0 Å². The molecule has 1 rings (SSSR count). The fourth-order valence-corrected chi connectivity index (χ4v) is 1.75. The quantitative estimate of drug-likeness (QED) is 0.859. The fourth-order valence-electron chi connectivity index (χ4n) is 1.75. The Morgan fingerprint density at radius 1 is 1.10 bits per heavy atom. The van der Waals surface area contributed by atoms with E-state index in [1.807, 2.05) is 0 Å². The van der Waals surface area contributed by atoms with Gasteiger partial charge in [0.1, 0.15) is 0 Å². The molecule has 0 aliphatic carbocycles. The summed E-state index contributed by atoms with van der Waals surface area (Å²) in [7, 11) is 3.39. The van der Waals surface area contributed by atoms with Gasteiger partial charge < -0.3 is 10.0 Å². The molecule has 0 spiro atoms. The average molecular weight is 297 g/mol. The van der Waals surface area contributed by atoms with Crippen LogP contribution in [-0.4, -0.2) is 31.3 Å². The number of benzene rings is 1. The van der Waals surface area contributed by atoms with Gasteiger partial charge in [-0.1, -0.05) is 12.1 Å². The van der Waals surface area contributed by atoms with Crippen LogP contribution in [0, 0.1) is 0 Å². The standard InChI is InChI=1S/C13H16F5NO/c1-11(20,8-12(14,15)13(16,17)18)9-5-4-6-10(7-9)19(2)3/h4-7,20H,8H2,1-3H3. The maximum atomic E-state index is 13.1. The third kappa shape index (κ3) is 3.59. The highest BCUT2D eigenvalue weighted by Crippen LogP contribution is 2.44. The first-order chi connectivity index (χ1) is 8.87. The number of hydrogen-bond acceptors (Lipinski definition) is 2. The van der Waals surface area contributed by atoms with Crippen molar-refractivity contribution in [1.82, 2.24) is 0 Å². The zero-order valence-electron chi connectivity index (χ0n) is 11.3. The molecule has 0 radical (unpaired) electrons. The van der Waals surface area contributed by atoms with E-state index in [0.29, 0.717) is 5.69 Å². The Morgan fingerprint density at radius 3 is 2.10 bits per heavy atom. The Hall–Kier alpha value is -1.37. The van der Waals surface area contributed by atoms with Crippen LogP contribution < -0.4 is 4.90 Å². The van der Waals surface area contributed by atoms with Crippen molar-refractivity contribution >= 4 is 5.69 Å². The number of alkyl halides is 5. The summed E-state index contributed by atoms with van der Waals surface area (Å²) in [5.74, 6) is -4.95. The Labute approximate surface area is 113 Å². The Balaban J connectivity index is 3.08. The van der Waals surface area contributed by atoms with E-state index in [1.54, 1.807) is 25.1 Å². The number of halogens is 5. The summed E-state index contributed by atoms with van der Waals surface area (Å²) in [6, 6.07) is 5.85. The van der Waals surface area contributed by atoms with Gasteiger partial charge in [-0.3, -0.25) is 0 Å². The van der Waals surface area contributed by atoms with Crippen molar-refractivity contribution in [1.29, 1.82) is 0 Å². The third-order valence-electron chi connectivity index (χ3n) is 2.97. The highest BCUT2D eigenvalue weighted by molar-refractivity contribution is 5.48. The van der Waals surface area contributed by atoms with Gasteiger partial charge in [-0.25, -0.2) is 0 Å². The summed E-state index contributed by atoms with van der Waals surface area (Å²) >= 11 is 0. The van der Waals surface area contributed by atoms with E-state index >= 15 is 0 Å². The molecule has 0 heterocycles. The lowest BCUT2D eigenvalue weighted by atomic mass is 9.89. The molecule has 0 aliphatic heterocycles. The Kier molecular flexibility index (Phi) is 4.34. The van der Waals surface area contributed by atoms with Gasteiger partial charge in [0.15, 0.2) is 0 Å². The topological polar surface area (TPSA) is 23.5 Å². The summed E-state index contributed by atoms with van der Waals surface area (Å²) in [5, 5.41) is 9.99. The lowest BCUT2D eigenvalue weighted by Crippen LogP contribution is -2.42. The molecule has 2 nitrogen and oxygen atoms in total. The van der Waals surface area contributed by atoms with Gasteiger partial charge in [-0.05, 0) is 24.6 Å². The predicted molar refractivity (Wildman–Crippen MR) is 66.0 cm³/mol. The SMILES string of the molecule is CN(C)c1cccc(C(C)(O)CC(F)(F)C(F)(F)F)c1. The van der Waals surface area contributed by atoms with Crippen molar-refractivity contribution in [3.05, 3.63) is 29.8 Å². The normalized spacial score (nSPS) is 15.8. The Morgan fingerprint density at radius 2 is 1.65 bits per heavy atom. The number of rotatable bonds is 4. The van der Waals surface area contributed by atoms with Crippen LogP contribution in [0.3, 0.4) is 0 Å². The average Bonchev–Trinajstić information content (AvgIpc) is 2.26. The van der Waals surface area contributed by atoms with Crippen LogP contribution in [0.5, 0.6) is 0 Å². The molecule has 0 bridgehead atoms. The largest absolute Gasteiger partial charge is 0.453 e. The first-order valence-electron chi connectivity index (χ1n) is 5.82. The summed E-state index contributed by atoms with van der Waals surface area (Å²) in [5.41, 5.74) is -1.68. The third-order valence-corrected chi connectivity index (χ3v) is 2.97. The molecule has 114 valence electrons. The van der Waals surface area contributed by atoms with E-state index in [2.05, 4.69) is 0 Å². The van der Waals surface area contributed by atoms with Gasteiger partial charge in [-0.2, -0.15) is 22.0 Å². The maximum Gasteiger partial charge on any atom is 0.453 e. The van der Waals surface area contributed by atoms with Crippen LogP contribution in [-0.2, 0) is 5.60 Å². The van der Waals surface area contributed by atoms with Crippen LogP contribution in [0.25, 0.3) is 0 Å². The first kappa shape index (κ1) is 16.7. The fraction of sp³-hybridized carbons (Fsp3) is 0.538. The minimum absolute atomic E-state index is 0.00706. The van der Waals surface area contributed by atoms with E-state index in [4.69, 9.17) is 0 Å². The number of aliphatic hydroxyl groups is 1. The maximum absolute atomic E-state index is 13.1. The second-order valence-corrected chi connectivity index (χ2v) is 5.10. The molecule has 1 aromatic rings. The highest BCUT2D eigenvalue weighted by atomic mass is 19.4. The van der Waals surface area contributed by atoms with E-state index in [1.165, 1.54) is 18.2 Å². The molecule has 1 N–H and O–H groups in total. The molecule has 0 saturated carbocycles. The lowest BCUT2D eigenvalue weighted by molar-refractivity contribution is -0.296. The number of hydrogen-bond donors (Lipinski definition) is 1. The van der Waals surface area contributed by atoms with E-state index in [-0.39, 0.29) is 5.56 Å². The summed E-state index contributed by atoms with van der Waals surface area (Å²) in [6.45, 7) is 0.946. The molecule has 1 atom stereocenters. The van der Waals surface area contributed by atoms with Gasteiger partial charge in [0.05, 0.1) is 12.0 Å². The molecule has 20 heavy (non-hydrogen) atoms. The van der Waals surface area contributed by atoms with Crippen molar-refractivity contribution in [2.45, 2.75) is 31.0 Å². The van der Waals surface area contributed by atoms with Crippen molar-refractivity contribution in [3.63, 3.8) is 0 Å². The second-order valence-electron chi connectivity index (χ2n) is 5.10. The van der Waals surface area contributed by atoms with E-state index in [0.717, 1.165) is 6.92 Å². The molecule has 0 amide bonds. The van der Waals surface area contributed by atoms with E-state index in [9.17, 15) is 27.1 Å². The van der Waals surface area contributed by atoms with Gasteiger partial charge in [0, 0.05) is 19.8 Å². The summed E-state index contributed by atoms with van der Waals surface area (Å²) in [6.07, 6.45) is -7.41. The minimum atomic E-state index is -5.68. The lowest BCUT2D eigenvalue weighted by Gasteiger charge is -2.30. The molecule has 0 aliphatic rings. The first-order valence-corrected chi connectivity index (χ1v) is 5.82. The number of anilines is 1. The van der Waals surface area contributed by atoms with Gasteiger partial charge >= 0.3 is 12.1 Å². The molecule has 0 aromatic heterocycles. The monoisotopic (exact) mass is 297 g/mol. The van der Waals surface area contributed by atoms with Gasteiger partial charge in [0.25, 0.3) is 0 Å². The number of nitrogens with zero attached hydrogens (tertiary/aromatic N) is 1. The van der Waals surface area contributed by atoms with Crippen LogP contribution in [0.2, 0.25) is 0 Å². The zero-order valence-corrected chi connectivity index (χ0v) is 11.3. The minimum Gasteiger partial charge on any atom is -0.385 e. The van der Waals surface area contributed by atoms with Gasteiger partial charge in [-0.15, -0.1) is 0 Å². The van der Waals surface area contributed by atoms with Crippen LogP contribution >= 0.6 is 0 Å². The van der Waals surface area contributed by atoms with Crippen molar-refractivity contribution in [3.8, 4) is 0 Å². The van der Waals surface area contributed by atoms with Crippen LogP contribution in [0.1, 0.15) is 18.9 Å². The van der Waals surface area contributed by atoms with Crippen LogP contribution in [0.15, 0.2) is 24.3 Å². The predicted octanol–water partition coefficient (Wildman–Crippen LogP) is 3.55. The molecule has 1 unspecified atom stereocenters. The van der Waals surface area contributed by atoms with Gasteiger partial charge in [0.2, 0.25) is 0 Å². The zero-order chi connectivity index (χ0) is 15.8. The smallest absolute Gasteiger partial charge is 0.385 e. The Bertz CT molecular complexity index is 468. The highest BCUT2D eigenvalue weighted by Gasteiger charge is 2.59. The van der Waals surface area contributed by atoms with Crippen LogP contribution in [0.4, 0.5) is 27.6 Å². The van der Waals surface area contributed by atoms with Crippen molar-refractivity contribution < 1.29 is 27.1 Å². The molecule has 1 aromatic carbocycles. The van der Waals surface area contributed by atoms with Crippen molar-refractivity contribution in [2.24, 2.45) is 0 Å². The molecular weight excluding hydrogens is 281 g/mol. The molecule has 0 saturated heterocycles. The summed E-state index contributed by atoms with van der Waals surface area (Å²) in [4.78, 5) is 1.65. The molecule has 0 fully saturated rings. The summed E-state index contributed by atoms with van der Waals surface area (Å²) < 4.78 is 62.8. The second kappa shape index (κ2) is 5.20. The van der Waals surface area contributed by atoms with E-state index < -0.39 is 24.1 Å². The molecular formula is C13H16F5NO.